The lowest BCUT2D eigenvalue weighted by atomic mass is 9.92. The molecular weight excluding hydrogens is 370 g/mol. The van der Waals surface area contributed by atoms with Gasteiger partial charge in [-0.05, 0) is 30.2 Å². The Labute approximate surface area is 149 Å². The number of Topliss-reactive ketones (excluding diaryl/α,β-unsaturated/α-hetero) is 1. The van der Waals surface area contributed by atoms with E-state index in [4.69, 9.17) is 4.74 Å². The van der Waals surface area contributed by atoms with Gasteiger partial charge >= 0.3 is 5.97 Å². The van der Waals surface area contributed by atoms with Gasteiger partial charge in [-0.15, -0.1) is 0 Å². The molecule has 0 saturated carbocycles. The maximum atomic E-state index is 12.9. The second kappa shape index (κ2) is 7.28. The molecule has 1 heterocycles. The Kier molecular flexibility index (Phi) is 5.11. The van der Waals surface area contributed by atoms with Crippen molar-refractivity contribution in [3.63, 3.8) is 0 Å². The van der Waals surface area contributed by atoms with E-state index in [2.05, 4.69) is 15.9 Å². The summed E-state index contributed by atoms with van der Waals surface area (Å²) in [4.78, 5) is 27.2. The van der Waals surface area contributed by atoms with Crippen molar-refractivity contribution in [3.05, 3.63) is 69.7 Å². The monoisotopic (exact) mass is 387 g/mol. The Bertz CT molecular complexity index is 760. The zero-order chi connectivity index (χ0) is 17.1. The second-order valence-electron chi connectivity index (χ2n) is 5.71. The second-order valence-corrected chi connectivity index (χ2v) is 6.63. The number of hydrogen-bond donors (Lipinski definition) is 0. The molecule has 0 bridgehead atoms. The van der Waals surface area contributed by atoms with Crippen molar-refractivity contribution in [2.45, 2.75) is 26.1 Å². The van der Waals surface area contributed by atoms with E-state index in [1.807, 2.05) is 47.4 Å². The number of carbonyl (C=O) groups excluding carboxylic acids is 2. The van der Waals surface area contributed by atoms with Crippen LogP contribution < -0.4 is 0 Å². The SMILES string of the molecule is CCOC(=O)C1C(=O)c2cc(Br)ccc2CN1Cc1ccccc1. The minimum atomic E-state index is -0.896. The van der Waals surface area contributed by atoms with E-state index in [1.54, 1.807) is 13.0 Å². The highest BCUT2D eigenvalue weighted by Crippen LogP contribution is 2.28. The lowest BCUT2D eigenvalue weighted by Crippen LogP contribution is -2.50. The lowest BCUT2D eigenvalue weighted by Gasteiger charge is -2.34. The van der Waals surface area contributed by atoms with Gasteiger partial charge < -0.3 is 4.74 Å². The van der Waals surface area contributed by atoms with Gasteiger partial charge in [-0.2, -0.15) is 0 Å². The van der Waals surface area contributed by atoms with Crippen LogP contribution in [0.25, 0.3) is 0 Å². The number of ether oxygens (including phenoxy) is 1. The van der Waals surface area contributed by atoms with Crippen LogP contribution in [0.2, 0.25) is 0 Å². The molecule has 1 aliphatic heterocycles. The summed E-state index contributed by atoms with van der Waals surface area (Å²) >= 11 is 3.39. The highest BCUT2D eigenvalue weighted by Gasteiger charge is 2.39. The Morgan fingerprint density at radius 3 is 2.71 bits per heavy atom. The maximum Gasteiger partial charge on any atom is 0.331 e. The molecule has 0 aliphatic carbocycles. The van der Waals surface area contributed by atoms with Gasteiger partial charge in [0.2, 0.25) is 0 Å². The molecule has 0 saturated heterocycles. The molecule has 0 N–H and O–H groups in total. The summed E-state index contributed by atoms with van der Waals surface area (Å²) < 4.78 is 5.98. The lowest BCUT2D eigenvalue weighted by molar-refractivity contribution is -0.148. The topological polar surface area (TPSA) is 46.6 Å². The van der Waals surface area contributed by atoms with Crippen LogP contribution in [-0.4, -0.2) is 29.3 Å². The molecule has 24 heavy (non-hydrogen) atoms. The Balaban J connectivity index is 1.96. The van der Waals surface area contributed by atoms with Gasteiger partial charge in [0, 0.05) is 23.1 Å². The van der Waals surface area contributed by atoms with Crippen LogP contribution in [0.5, 0.6) is 0 Å². The summed E-state index contributed by atoms with van der Waals surface area (Å²) in [5, 5.41) is 0. The first-order valence-corrected chi connectivity index (χ1v) is 8.66. The van der Waals surface area contributed by atoms with Crippen molar-refractivity contribution in [1.29, 1.82) is 0 Å². The molecule has 0 aromatic heterocycles. The molecule has 124 valence electrons. The molecular formula is C19H18BrNO3. The van der Waals surface area contributed by atoms with Gasteiger partial charge in [-0.25, -0.2) is 4.79 Å². The predicted octanol–water partition coefficient (Wildman–Crippen LogP) is 3.58. The van der Waals surface area contributed by atoms with Crippen LogP contribution >= 0.6 is 15.9 Å². The normalized spacial score (nSPS) is 17.4. The highest BCUT2D eigenvalue weighted by atomic mass is 79.9. The average Bonchev–Trinajstić information content (AvgIpc) is 2.57. The number of esters is 1. The average molecular weight is 388 g/mol. The molecule has 1 unspecified atom stereocenters. The van der Waals surface area contributed by atoms with Gasteiger partial charge in [-0.3, -0.25) is 9.69 Å². The van der Waals surface area contributed by atoms with Crippen LogP contribution in [0.3, 0.4) is 0 Å². The molecule has 0 fully saturated rings. The van der Waals surface area contributed by atoms with E-state index in [0.29, 0.717) is 18.7 Å². The summed E-state index contributed by atoms with van der Waals surface area (Å²) in [6.45, 7) is 3.06. The summed E-state index contributed by atoms with van der Waals surface area (Å²) in [5.74, 6) is -0.684. The molecule has 2 aromatic carbocycles. The number of carbonyl (C=O) groups is 2. The third kappa shape index (κ3) is 3.42. The number of hydrogen-bond acceptors (Lipinski definition) is 4. The molecule has 0 spiro atoms. The highest BCUT2D eigenvalue weighted by molar-refractivity contribution is 9.10. The fourth-order valence-corrected chi connectivity index (χ4v) is 3.34. The molecule has 2 aromatic rings. The number of nitrogens with zero attached hydrogens (tertiary/aromatic N) is 1. The van der Waals surface area contributed by atoms with Crippen molar-refractivity contribution in [2.24, 2.45) is 0 Å². The summed E-state index contributed by atoms with van der Waals surface area (Å²) in [6, 6.07) is 14.6. The molecule has 0 radical (unpaired) electrons. The van der Waals surface area contributed by atoms with Crippen LogP contribution in [0.15, 0.2) is 53.0 Å². The Morgan fingerprint density at radius 2 is 2.00 bits per heavy atom. The molecule has 4 nitrogen and oxygen atoms in total. The number of fused-ring (bicyclic) bond motifs is 1. The fraction of sp³-hybridized carbons (Fsp3) is 0.263. The number of halogens is 1. The minimum absolute atomic E-state index is 0.202. The number of ketones is 1. The third-order valence-electron chi connectivity index (χ3n) is 4.06. The summed E-state index contributed by atoms with van der Waals surface area (Å²) in [5.41, 5.74) is 2.58. The third-order valence-corrected chi connectivity index (χ3v) is 4.56. The standard InChI is InChI=1S/C19H18BrNO3/c1-2-24-19(23)17-18(22)16-10-15(20)9-8-14(16)12-21(17)11-13-6-4-3-5-7-13/h3-10,17H,2,11-12H2,1H3. The van der Waals surface area contributed by atoms with Crippen LogP contribution in [-0.2, 0) is 22.6 Å². The van der Waals surface area contributed by atoms with Crippen molar-refractivity contribution in [3.8, 4) is 0 Å². The zero-order valence-corrected chi connectivity index (χ0v) is 15.0. The van der Waals surface area contributed by atoms with Crippen LogP contribution in [0.1, 0.15) is 28.4 Å². The van der Waals surface area contributed by atoms with E-state index in [1.165, 1.54) is 0 Å². The zero-order valence-electron chi connectivity index (χ0n) is 13.4. The molecule has 1 aliphatic rings. The first kappa shape index (κ1) is 16.9. The van der Waals surface area contributed by atoms with Gasteiger partial charge in [0.1, 0.15) is 0 Å². The largest absolute Gasteiger partial charge is 0.464 e. The predicted molar refractivity (Wildman–Crippen MR) is 94.6 cm³/mol. The van der Waals surface area contributed by atoms with Crippen LogP contribution in [0.4, 0.5) is 0 Å². The van der Waals surface area contributed by atoms with E-state index >= 15 is 0 Å². The number of benzene rings is 2. The van der Waals surface area contributed by atoms with E-state index in [9.17, 15) is 9.59 Å². The van der Waals surface area contributed by atoms with Gasteiger partial charge in [0.05, 0.1) is 6.61 Å². The van der Waals surface area contributed by atoms with Gasteiger partial charge in [0.15, 0.2) is 11.8 Å². The van der Waals surface area contributed by atoms with E-state index < -0.39 is 12.0 Å². The van der Waals surface area contributed by atoms with Crippen LogP contribution in [0, 0.1) is 0 Å². The van der Waals surface area contributed by atoms with Crippen molar-refractivity contribution in [1.82, 2.24) is 4.90 Å². The van der Waals surface area contributed by atoms with Crippen molar-refractivity contribution >= 4 is 27.7 Å². The minimum Gasteiger partial charge on any atom is -0.464 e. The van der Waals surface area contributed by atoms with E-state index in [0.717, 1.165) is 15.6 Å². The quantitative estimate of drug-likeness (QED) is 0.594. The molecule has 5 heteroatoms. The Hall–Kier alpha value is -1.98. The fourth-order valence-electron chi connectivity index (χ4n) is 2.98. The Morgan fingerprint density at radius 1 is 1.25 bits per heavy atom. The first-order valence-electron chi connectivity index (χ1n) is 7.87. The smallest absolute Gasteiger partial charge is 0.331 e. The van der Waals surface area contributed by atoms with E-state index in [-0.39, 0.29) is 12.4 Å². The van der Waals surface area contributed by atoms with Gasteiger partial charge in [0.25, 0.3) is 0 Å². The number of rotatable bonds is 4. The van der Waals surface area contributed by atoms with Crippen molar-refractivity contribution < 1.29 is 14.3 Å². The summed E-state index contributed by atoms with van der Waals surface area (Å²) in [6.07, 6.45) is 0. The molecule has 0 amide bonds. The van der Waals surface area contributed by atoms with Gasteiger partial charge in [-0.1, -0.05) is 52.3 Å². The maximum absolute atomic E-state index is 12.9. The summed E-state index contributed by atoms with van der Waals surface area (Å²) in [7, 11) is 0. The molecule has 1 atom stereocenters. The molecule has 3 rings (SSSR count). The van der Waals surface area contributed by atoms with Crippen molar-refractivity contribution in [2.75, 3.05) is 6.61 Å². The first-order chi connectivity index (χ1) is 11.6.